The number of methoxy groups -OCH3 is 3. The maximum atomic E-state index is 12.6. The van der Waals surface area contributed by atoms with Crippen LogP contribution in [0.25, 0.3) is 0 Å². The van der Waals surface area contributed by atoms with Crippen LogP contribution in [0.5, 0.6) is 17.2 Å². The maximum Gasteiger partial charge on any atom is 0.315 e. The third-order valence-electron chi connectivity index (χ3n) is 4.09. The van der Waals surface area contributed by atoms with Crippen LogP contribution in [0, 0.1) is 0 Å². The number of ether oxygens (including phenoxy) is 3. The molecule has 0 saturated carbocycles. The van der Waals surface area contributed by atoms with Crippen molar-refractivity contribution in [1.29, 1.82) is 0 Å². The zero-order valence-electron chi connectivity index (χ0n) is 16.5. The molecule has 11 heteroatoms. The molecule has 1 aromatic heterocycles. The van der Waals surface area contributed by atoms with E-state index in [2.05, 4.69) is 15.5 Å². The van der Waals surface area contributed by atoms with Crippen LogP contribution in [0.15, 0.2) is 46.3 Å². The van der Waals surface area contributed by atoms with Crippen LogP contribution < -0.4 is 30.9 Å². The molecule has 0 unspecified atom stereocenters. The van der Waals surface area contributed by atoms with Crippen molar-refractivity contribution in [1.82, 2.24) is 14.9 Å². The Kier molecular flexibility index (Phi) is 6.91. The number of hydrogen-bond acceptors (Lipinski definition) is 9. The lowest BCUT2D eigenvalue weighted by Gasteiger charge is -2.12. The number of thioether (sulfide) groups is 1. The minimum absolute atomic E-state index is 0.0477. The Morgan fingerprint density at radius 2 is 1.73 bits per heavy atom. The topological polar surface area (TPSA) is 114 Å². The smallest absolute Gasteiger partial charge is 0.315 e. The summed E-state index contributed by atoms with van der Waals surface area (Å²) in [4.78, 5) is 12.6. The van der Waals surface area contributed by atoms with Gasteiger partial charge < -0.3 is 25.4 Å². The van der Waals surface area contributed by atoms with Gasteiger partial charge in [-0.15, -0.1) is 10.2 Å². The van der Waals surface area contributed by atoms with Crippen LogP contribution in [0.3, 0.4) is 0 Å². The van der Waals surface area contributed by atoms with Gasteiger partial charge in [-0.3, -0.25) is 4.79 Å². The highest BCUT2D eigenvalue weighted by Crippen LogP contribution is 2.31. The van der Waals surface area contributed by atoms with Crippen molar-refractivity contribution >= 4 is 34.9 Å². The van der Waals surface area contributed by atoms with Crippen LogP contribution in [0.1, 0.15) is 5.56 Å². The van der Waals surface area contributed by atoms with Gasteiger partial charge >= 0.3 is 5.56 Å². The molecular weight excluding hydrogens is 430 g/mol. The Morgan fingerprint density at radius 1 is 1.03 bits per heavy atom. The minimum Gasteiger partial charge on any atom is -0.495 e. The van der Waals surface area contributed by atoms with Crippen molar-refractivity contribution in [2.75, 3.05) is 32.5 Å². The first-order valence-corrected chi connectivity index (χ1v) is 10.0. The van der Waals surface area contributed by atoms with Crippen LogP contribution in [0.4, 0.5) is 11.5 Å². The second-order valence-electron chi connectivity index (χ2n) is 5.95. The van der Waals surface area contributed by atoms with Gasteiger partial charge in [0.2, 0.25) is 11.0 Å². The maximum absolute atomic E-state index is 12.6. The first-order chi connectivity index (χ1) is 14.5. The molecule has 0 aliphatic carbocycles. The second kappa shape index (κ2) is 9.59. The summed E-state index contributed by atoms with van der Waals surface area (Å²) in [5.74, 6) is 8.14. The summed E-state index contributed by atoms with van der Waals surface area (Å²) in [7, 11) is 4.65. The number of nitrogens with one attached hydrogen (secondary N) is 1. The Morgan fingerprint density at radius 3 is 2.43 bits per heavy atom. The van der Waals surface area contributed by atoms with Crippen molar-refractivity contribution in [2.24, 2.45) is 0 Å². The van der Waals surface area contributed by atoms with E-state index in [-0.39, 0.29) is 11.0 Å². The number of halogens is 1. The van der Waals surface area contributed by atoms with E-state index in [9.17, 15) is 4.79 Å². The second-order valence-corrected chi connectivity index (χ2v) is 7.33. The first kappa shape index (κ1) is 21.6. The molecule has 0 aliphatic heterocycles. The number of anilines is 2. The summed E-state index contributed by atoms with van der Waals surface area (Å²) in [6, 6.07) is 10.5. The summed E-state index contributed by atoms with van der Waals surface area (Å²) in [6.07, 6.45) is 0. The van der Waals surface area contributed by atoms with Gasteiger partial charge in [-0.1, -0.05) is 29.4 Å². The van der Waals surface area contributed by atoms with Crippen molar-refractivity contribution in [3.05, 3.63) is 57.3 Å². The summed E-state index contributed by atoms with van der Waals surface area (Å²) < 4.78 is 16.7. The summed E-state index contributed by atoms with van der Waals surface area (Å²) in [6.45, 7) is 0. The quantitative estimate of drug-likeness (QED) is 0.395. The van der Waals surface area contributed by atoms with E-state index in [1.165, 1.54) is 18.9 Å². The fourth-order valence-electron chi connectivity index (χ4n) is 2.59. The number of benzene rings is 2. The van der Waals surface area contributed by atoms with Crippen LogP contribution in [-0.2, 0) is 5.75 Å². The van der Waals surface area contributed by atoms with E-state index in [0.717, 1.165) is 10.2 Å². The third kappa shape index (κ3) is 4.71. The van der Waals surface area contributed by atoms with E-state index < -0.39 is 5.56 Å². The highest BCUT2D eigenvalue weighted by molar-refractivity contribution is 7.98. The average molecular weight is 450 g/mol. The monoisotopic (exact) mass is 449 g/mol. The molecule has 0 aliphatic rings. The van der Waals surface area contributed by atoms with Gasteiger partial charge in [0.1, 0.15) is 5.75 Å². The fraction of sp³-hybridized carbons (Fsp3) is 0.211. The molecule has 2 aromatic carbocycles. The number of nitrogen functional groups attached to an aromatic ring is 1. The SMILES string of the molecule is COc1ccc(Cl)cc1Nc1nnc(SCc2ccc(OC)c(OC)c2)n(N)c1=O. The molecule has 0 saturated heterocycles. The molecule has 0 amide bonds. The average Bonchev–Trinajstić information content (AvgIpc) is 2.76. The van der Waals surface area contributed by atoms with Gasteiger partial charge in [-0.05, 0) is 35.9 Å². The van der Waals surface area contributed by atoms with E-state index in [4.69, 9.17) is 31.7 Å². The molecule has 0 radical (unpaired) electrons. The summed E-state index contributed by atoms with van der Waals surface area (Å²) in [5, 5.41) is 11.6. The number of aromatic nitrogens is 3. The van der Waals surface area contributed by atoms with Crippen molar-refractivity contribution in [3.8, 4) is 17.2 Å². The molecule has 1 heterocycles. The number of nitrogens with two attached hydrogens (primary N) is 1. The van der Waals surface area contributed by atoms with Crippen molar-refractivity contribution < 1.29 is 14.2 Å². The Labute approximate surface area is 182 Å². The highest BCUT2D eigenvalue weighted by Gasteiger charge is 2.14. The van der Waals surface area contributed by atoms with Crippen molar-refractivity contribution in [3.63, 3.8) is 0 Å². The lowest BCUT2D eigenvalue weighted by Crippen LogP contribution is -2.32. The normalized spacial score (nSPS) is 10.5. The molecule has 0 bridgehead atoms. The molecule has 3 aromatic rings. The lowest BCUT2D eigenvalue weighted by molar-refractivity contribution is 0.354. The standard InChI is InChI=1S/C19H20ClN5O4S/c1-27-14-7-5-12(20)9-13(14)22-17-18(26)25(21)19(24-23-17)30-10-11-4-6-15(28-2)16(8-11)29-3/h4-9H,10,21H2,1-3H3,(H,22,23). The first-order valence-electron chi connectivity index (χ1n) is 8.66. The third-order valence-corrected chi connectivity index (χ3v) is 5.34. The molecular formula is C19H20ClN5O4S. The van der Waals surface area contributed by atoms with Gasteiger partial charge in [-0.2, -0.15) is 4.68 Å². The molecule has 0 atom stereocenters. The predicted molar refractivity (Wildman–Crippen MR) is 117 cm³/mol. The molecule has 0 fully saturated rings. The largest absolute Gasteiger partial charge is 0.495 e. The molecule has 30 heavy (non-hydrogen) atoms. The fourth-order valence-corrected chi connectivity index (χ4v) is 3.55. The van der Waals surface area contributed by atoms with Crippen molar-refractivity contribution in [2.45, 2.75) is 10.9 Å². The zero-order valence-corrected chi connectivity index (χ0v) is 18.1. The summed E-state index contributed by atoms with van der Waals surface area (Å²) >= 11 is 7.28. The van der Waals surface area contributed by atoms with Gasteiger partial charge in [0.05, 0.1) is 27.0 Å². The highest BCUT2D eigenvalue weighted by atomic mass is 35.5. The van der Waals surface area contributed by atoms with E-state index >= 15 is 0 Å². The van der Waals surface area contributed by atoms with Gasteiger partial charge in [-0.25, -0.2) is 0 Å². The molecule has 3 rings (SSSR count). The molecule has 158 valence electrons. The van der Waals surface area contributed by atoms with E-state index in [1.54, 1.807) is 38.5 Å². The van der Waals surface area contributed by atoms with Gasteiger partial charge in [0.15, 0.2) is 11.5 Å². The number of nitrogens with zero attached hydrogens (tertiary/aromatic N) is 3. The number of hydrogen-bond donors (Lipinski definition) is 2. The zero-order chi connectivity index (χ0) is 21.7. The molecule has 0 spiro atoms. The van der Waals surface area contributed by atoms with E-state index in [1.807, 2.05) is 12.1 Å². The Hall–Kier alpha value is -3.11. The van der Waals surface area contributed by atoms with Crippen LogP contribution >= 0.6 is 23.4 Å². The van der Waals surface area contributed by atoms with Crippen LogP contribution in [-0.4, -0.2) is 36.2 Å². The molecule has 9 nitrogen and oxygen atoms in total. The lowest BCUT2D eigenvalue weighted by atomic mass is 10.2. The van der Waals surface area contributed by atoms with Gasteiger partial charge in [0, 0.05) is 10.8 Å². The predicted octanol–water partition coefficient (Wildman–Crippen LogP) is 3.07. The molecule has 3 N–H and O–H groups in total. The minimum atomic E-state index is -0.540. The summed E-state index contributed by atoms with van der Waals surface area (Å²) in [5.41, 5.74) is 0.877. The van der Waals surface area contributed by atoms with E-state index in [0.29, 0.717) is 33.7 Å². The Balaban J connectivity index is 1.79. The van der Waals surface area contributed by atoms with Crippen LogP contribution in [0.2, 0.25) is 5.02 Å². The van der Waals surface area contributed by atoms with Gasteiger partial charge in [0.25, 0.3) is 0 Å². The number of rotatable bonds is 8. The Bertz CT molecular complexity index is 1110.